The zero-order valence-electron chi connectivity index (χ0n) is 19.6. The molecule has 3 fully saturated rings. The Morgan fingerprint density at radius 2 is 1.38 bits per heavy atom. The zero-order chi connectivity index (χ0) is 22.5. The molecule has 0 aliphatic carbocycles. The van der Waals surface area contributed by atoms with E-state index < -0.39 is 0 Å². The summed E-state index contributed by atoms with van der Waals surface area (Å²) in [6, 6.07) is 16.7. The molecule has 7 nitrogen and oxygen atoms in total. The summed E-state index contributed by atoms with van der Waals surface area (Å²) in [6.07, 6.45) is 4.89. The number of aromatic amines is 2. The van der Waals surface area contributed by atoms with Gasteiger partial charge in [-0.1, -0.05) is 6.07 Å². The van der Waals surface area contributed by atoms with Crippen LogP contribution in [0.3, 0.4) is 0 Å². The first kappa shape index (κ1) is 20.4. The van der Waals surface area contributed by atoms with Gasteiger partial charge in [0.15, 0.2) is 0 Å². The summed E-state index contributed by atoms with van der Waals surface area (Å²) < 4.78 is 0. The fourth-order valence-corrected chi connectivity index (χ4v) is 5.99. The first-order valence-corrected chi connectivity index (χ1v) is 12.9. The molecule has 1 unspecified atom stereocenters. The molecule has 34 heavy (non-hydrogen) atoms. The van der Waals surface area contributed by atoms with E-state index in [-0.39, 0.29) is 0 Å². The molecule has 7 heteroatoms. The Bertz CT molecular complexity index is 1200. The molecule has 3 aliphatic heterocycles. The number of anilines is 2. The van der Waals surface area contributed by atoms with Crippen molar-refractivity contribution in [2.75, 3.05) is 49.1 Å². The minimum absolute atomic E-state index is 0.377. The number of nitrogens with one attached hydrogen (secondary N) is 4. The molecule has 5 heterocycles. The number of piperazine rings is 1. The number of fused-ring (bicyclic) bond motifs is 2. The second kappa shape index (κ2) is 8.32. The van der Waals surface area contributed by atoms with E-state index in [1.807, 2.05) is 0 Å². The van der Waals surface area contributed by atoms with Gasteiger partial charge in [0.05, 0.1) is 17.1 Å². The van der Waals surface area contributed by atoms with Crippen LogP contribution < -0.4 is 20.4 Å². The summed E-state index contributed by atoms with van der Waals surface area (Å²) in [6.45, 7) is 6.32. The molecule has 2 aromatic heterocycles. The van der Waals surface area contributed by atoms with Crippen molar-refractivity contribution < 1.29 is 0 Å². The summed E-state index contributed by atoms with van der Waals surface area (Å²) in [4.78, 5) is 17.1. The van der Waals surface area contributed by atoms with Crippen LogP contribution in [0.25, 0.3) is 21.9 Å². The van der Waals surface area contributed by atoms with Gasteiger partial charge in [-0.05, 0) is 80.6 Å². The van der Waals surface area contributed by atoms with Gasteiger partial charge in [-0.2, -0.15) is 0 Å². The lowest BCUT2D eigenvalue weighted by molar-refractivity contribution is 0.614. The van der Waals surface area contributed by atoms with E-state index in [1.54, 1.807) is 0 Å². The van der Waals surface area contributed by atoms with Crippen molar-refractivity contribution >= 4 is 33.3 Å². The number of rotatable bonds is 4. The normalized spacial score (nSPS) is 23.5. The molecular weight excluding hydrogens is 422 g/mol. The van der Waals surface area contributed by atoms with Crippen LogP contribution in [0.2, 0.25) is 0 Å². The predicted octanol–water partition coefficient (Wildman–Crippen LogP) is 4.22. The predicted molar refractivity (Wildman–Crippen MR) is 139 cm³/mol. The average Bonchev–Trinajstić information content (AvgIpc) is 3.69. The highest BCUT2D eigenvalue weighted by Gasteiger charge is 2.22. The van der Waals surface area contributed by atoms with Crippen molar-refractivity contribution in [3.63, 3.8) is 0 Å². The highest BCUT2D eigenvalue weighted by molar-refractivity contribution is 5.84. The maximum Gasteiger partial charge on any atom is 0.124 e. The molecule has 0 saturated carbocycles. The van der Waals surface area contributed by atoms with Crippen molar-refractivity contribution in [3.05, 3.63) is 54.0 Å². The third-order valence-electron chi connectivity index (χ3n) is 7.95. The van der Waals surface area contributed by atoms with Crippen LogP contribution in [0.1, 0.15) is 49.3 Å². The molecule has 2 atom stereocenters. The fraction of sp³-hybridized carbons (Fsp3) is 0.444. The van der Waals surface area contributed by atoms with Gasteiger partial charge in [-0.15, -0.1) is 0 Å². The van der Waals surface area contributed by atoms with Crippen LogP contribution in [0.4, 0.5) is 11.4 Å². The standard InChI is InChI=1S/C27H33N7/c1-3-21(28-9-1)25-15-18-5-6-19(16-24(18)30-25)33-11-13-34(14-12-33)20-7-8-22-26(17-20)32-27(31-22)23-4-2-10-29-23/h5-8,15-17,21,23,28-30H,1-4,9-14H2,(H,31,32)/t21?,23-/m0/s1. The highest BCUT2D eigenvalue weighted by atomic mass is 15.3. The largest absolute Gasteiger partial charge is 0.368 e. The van der Waals surface area contributed by atoms with Crippen molar-refractivity contribution in [1.29, 1.82) is 0 Å². The molecule has 0 spiro atoms. The number of hydrogen-bond donors (Lipinski definition) is 4. The second-order valence-electron chi connectivity index (χ2n) is 10.1. The van der Waals surface area contributed by atoms with Gasteiger partial charge in [0.1, 0.15) is 5.82 Å². The van der Waals surface area contributed by atoms with Gasteiger partial charge in [-0.3, -0.25) is 0 Å². The second-order valence-corrected chi connectivity index (χ2v) is 10.1. The Labute approximate surface area is 199 Å². The molecule has 0 amide bonds. The Morgan fingerprint density at radius 1 is 0.706 bits per heavy atom. The summed E-state index contributed by atoms with van der Waals surface area (Å²) in [7, 11) is 0. The molecule has 4 N–H and O–H groups in total. The number of aromatic nitrogens is 3. The van der Waals surface area contributed by atoms with Crippen LogP contribution in [0.15, 0.2) is 42.5 Å². The molecule has 176 valence electrons. The van der Waals surface area contributed by atoms with Crippen molar-refractivity contribution in [2.24, 2.45) is 0 Å². The lowest BCUT2D eigenvalue weighted by Crippen LogP contribution is -2.46. The van der Waals surface area contributed by atoms with Gasteiger partial charge in [0.25, 0.3) is 0 Å². The summed E-state index contributed by atoms with van der Waals surface area (Å²) in [5.74, 6) is 1.08. The van der Waals surface area contributed by atoms with E-state index in [0.29, 0.717) is 12.1 Å². The SMILES string of the molecule is c1cc2cc(C3CCCN3)[nH]c2cc1N1CCN(c2ccc3nc([C@@H]4CCCN4)[nH]c3c2)CC1. The Hall–Kier alpha value is -3.03. The summed E-state index contributed by atoms with van der Waals surface area (Å²) >= 11 is 0. The molecule has 4 aromatic rings. The van der Waals surface area contributed by atoms with Crippen LogP contribution in [0, 0.1) is 0 Å². The molecule has 7 rings (SSSR count). The summed E-state index contributed by atoms with van der Waals surface area (Å²) in [5, 5.41) is 8.46. The van der Waals surface area contributed by atoms with E-state index in [1.165, 1.54) is 53.7 Å². The molecule has 3 aliphatic rings. The smallest absolute Gasteiger partial charge is 0.124 e. The third kappa shape index (κ3) is 3.63. The van der Waals surface area contributed by atoms with Gasteiger partial charge < -0.3 is 30.4 Å². The van der Waals surface area contributed by atoms with Crippen LogP contribution in [0.5, 0.6) is 0 Å². The van der Waals surface area contributed by atoms with E-state index in [9.17, 15) is 0 Å². The fourth-order valence-electron chi connectivity index (χ4n) is 5.99. The maximum atomic E-state index is 4.83. The lowest BCUT2D eigenvalue weighted by Gasteiger charge is -2.37. The highest BCUT2D eigenvalue weighted by Crippen LogP contribution is 2.30. The maximum absolute atomic E-state index is 4.83. The number of nitrogens with zero attached hydrogens (tertiary/aromatic N) is 3. The number of hydrogen-bond acceptors (Lipinski definition) is 5. The van der Waals surface area contributed by atoms with Crippen LogP contribution >= 0.6 is 0 Å². The van der Waals surface area contributed by atoms with E-state index in [4.69, 9.17) is 4.98 Å². The first-order chi connectivity index (χ1) is 16.8. The molecular formula is C27H33N7. The van der Waals surface area contributed by atoms with E-state index in [0.717, 1.165) is 56.1 Å². The molecule has 0 radical (unpaired) electrons. The van der Waals surface area contributed by atoms with Gasteiger partial charge in [0, 0.05) is 54.8 Å². The van der Waals surface area contributed by atoms with E-state index >= 15 is 0 Å². The van der Waals surface area contributed by atoms with Crippen molar-refractivity contribution in [2.45, 2.75) is 37.8 Å². The summed E-state index contributed by atoms with van der Waals surface area (Å²) in [5.41, 5.74) is 7.40. The van der Waals surface area contributed by atoms with Gasteiger partial charge in [-0.25, -0.2) is 4.98 Å². The number of H-pyrrole nitrogens is 2. The number of imidazole rings is 1. The lowest BCUT2D eigenvalue weighted by atomic mass is 10.1. The minimum atomic E-state index is 0.377. The van der Waals surface area contributed by atoms with Gasteiger partial charge in [0.2, 0.25) is 0 Å². The Morgan fingerprint density at radius 3 is 2.09 bits per heavy atom. The van der Waals surface area contributed by atoms with E-state index in [2.05, 4.69) is 72.9 Å². The van der Waals surface area contributed by atoms with Crippen LogP contribution in [-0.4, -0.2) is 54.2 Å². The topological polar surface area (TPSA) is 75.0 Å². The zero-order valence-corrected chi connectivity index (χ0v) is 19.6. The van der Waals surface area contributed by atoms with Gasteiger partial charge >= 0.3 is 0 Å². The average molecular weight is 456 g/mol. The Balaban J connectivity index is 1.05. The quantitative estimate of drug-likeness (QED) is 0.371. The Kier molecular flexibility index (Phi) is 4.98. The minimum Gasteiger partial charge on any atom is -0.368 e. The van der Waals surface area contributed by atoms with Crippen LogP contribution in [-0.2, 0) is 0 Å². The molecule has 3 saturated heterocycles. The number of benzene rings is 2. The molecule has 2 aromatic carbocycles. The first-order valence-electron chi connectivity index (χ1n) is 12.9. The van der Waals surface area contributed by atoms with Crippen molar-refractivity contribution in [1.82, 2.24) is 25.6 Å². The molecule has 0 bridgehead atoms. The third-order valence-corrected chi connectivity index (χ3v) is 7.95. The monoisotopic (exact) mass is 455 g/mol. The van der Waals surface area contributed by atoms with Crippen molar-refractivity contribution in [3.8, 4) is 0 Å².